The number of hydrogen-bond acceptors (Lipinski definition) is 7. The van der Waals surface area contributed by atoms with E-state index in [4.69, 9.17) is 14.2 Å². The lowest BCUT2D eigenvalue weighted by molar-refractivity contribution is -0.125. The van der Waals surface area contributed by atoms with Gasteiger partial charge in [0.05, 0.1) is 23.4 Å². The molecule has 0 bridgehead atoms. The molecule has 1 saturated heterocycles. The third kappa shape index (κ3) is 4.29. The van der Waals surface area contributed by atoms with Crippen molar-refractivity contribution in [2.24, 2.45) is 5.92 Å². The molecule has 8 nitrogen and oxygen atoms in total. The normalized spacial score (nSPS) is 15.2. The highest BCUT2D eigenvalue weighted by Crippen LogP contribution is 2.35. The number of fused-ring (bicyclic) bond motifs is 2. The van der Waals surface area contributed by atoms with Crippen LogP contribution in [0.25, 0.3) is 10.9 Å². The first-order valence-electron chi connectivity index (χ1n) is 11.5. The van der Waals surface area contributed by atoms with Crippen LogP contribution in [0.5, 0.6) is 17.2 Å². The maximum absolute atomic E-state index is 12.8. The molecule has 1 N–H and O–H groups in total. The van der Waals surface area contributed by atoms with Crippen molar-refractivity contribution in [3.8, 4) is 23.3 Å². The summed E-state index contributed by atoms with van der Waals surface area (Å²) in [4.78, 5) is 19.5. The first kappa shape index (κ1) is 21.8. The fourth-order valence-corrected chi connectivity index (χ4v) is 4.59. The number of carbonyl (C=O) groups excluding carboxylic acids is 1. The summed E-state index contributed by atoms with van der Waals surface area (Å²) in [6, 6.07) is 13.8. The van der Waals surface area contributed by atoms with Crippen LogP contribution in [0.2, 0.25) is 0 Å². The quantitative estimate of drug-likeness (QED) is 0.601. The maximum Gasteiger partial charge on any atom is 0.231 e. The van der Waals surface area contributed by atoms with E-state index < -0.39 is 0 Å². The van der Waals surface area contributed by atoms with Crippen molar-refractivity contribution >= 4 is 22.5 Å². The van der Waals surface area contributed by atoms with E-state index in [0.29, 0.717) is 50.4 Å². The van der Waals surface area contributed by atoms with E-state index in [0.717, 1.165) is 33.7 Å². The lowest BCUT2D eigenvalue weighted by Gasteiger charge is -2.34. The molecular formula is C26H26N4O4. The van der Waals surface area contributed by atoms with Gasteiger partial charge < -0.3 is 24.4 Å². The lowest BCUT2D eigenvalue weighted by Crippen LogP contribution is -2.40. The van der Waals surface area contributed by atoms with Gasteiger partial charge in [-0.1, -0.05) is 6.07 Å². The van der Waals surface area contributed by atoms with Crippen molar-refractivity contribution in [2.75, 3.05) is 31.4 Å². The highest BCUT2D eigenvalue weighted by Gasteiger charge is 2.27. The Morgan fingerprint density at radius 2 is 2.03 bits per heavy atom. The van der Waals surface area contributed by atoms with Crippen molar-refractivity contribution in [3.05, 3.63) is 53.7 Å². The summed E-state index contributed by atoms with van der Waals surface area (Å²) in [6.45, 7) is 4.57. The van der Waals surface area contributed by atoms with Crippen LogP contribution in [0.15, 0.2) is 42.6 Å². The summed E-state index contributed by atoms with van der Waals surface area (Å²) in [5.41, 5.74) is 3.20. The van der Waals surface area contributed by atoms with Gasteiger partial charge in [0.1, 0.15) is 11.8 Å². The third-order valence-corrected chi connectivity index (χ3v) is 6.33. The van der Waals surface area contributed by atoms with Crippen LogP contribution < -0.4 is 24.4 Å². The number of nitrogens with one attached hydrogen (secondary N) is 1. The van der Waals surface area contributed by atoms with Crippen molar-refractivity contribution in [2.45, 2.75) is 26.3 Å². The van der Waals surface area contributed by atoms with Crippen LogP contribution >= 0.6 is 0 Å². The molecule has 1 fully saturated rings. The SMILES string of the molecule is CCOc1ccc2ncc(C#N)c(N3CCC(C(=O)NCc4ccc5c(c4)OCO5)CC3)c2c1. The second kappa shape index (κ2) is 9.48. The number of nitriles is 1. The molecule has 2 aromatic carbocycles. The molecule has 1 amide bonds. The molecule has 0 unspecified atom stereocenters. The molecule has 0 radical (unpaired) electrons. The molecule has 0 saturated carbocycles. The number of hydrogen-bond donors (Lipinski definition) is 1. The van der Waals surface area contributed by atoms with Crippen molar-refractivity contribution in [3.63, 3.8) is 0 Å². The van der Waals surface area contributed by atoms with Crippen LogP contribution in [0.4, 0.5) is 5.69 Å². The number of benzene rings is 2. The average Bonchev–Trinajstić information content (AvgIpc) is 3.35. The molecular weight excluding hydrogens is 432 g/mol. The summed E-state index contributed by atoms with van der Waals surface area (Å²) >= 11 is 0. The van der Waals surface area contributed by atoms with E-state index in [9.17, 15) is 10.1 Å². The standard InChI is InChI=1S/C26H26N4O4/c1-2-32-20-4-5-22-21(12-20)25(19(13-27)15-28-22)30-9-7-18(8-10-30)26(31)29-14-17-3-6-23-24(11-17)34-16-33-23/h3-6,11-12,15,18H,2,7-10,14,16H2,1H3,(H,29,31). The molecule has 2 aliphatic rings. The van der Waals surface area contributed by atoms with Gasteiger partial charge in [-0.05, 0) is 55.7 Å². The Kier molecular flexibility index (Phi) is 6.09. The van der Waals surface area contributed by atoms with E-state index in [2.05, 4.69) is 21.3 Å². The first-order chi connectivity index (χ1) is 16.7. The van der Waals surface area contributed by atoms with Crippen LogP contribution in [0.1, 0.15) is 30.9 Å². The van der Waals surface area contributed by atoms with Crippen molar-refractivity contribution in [1.82, 2.24) is 10.3 Å². The van der Waals surface area contributed by atoms with Crippen LogP contribution in [0, 0.1) is 17.2 Å². The maximum atomic E-state index is 12.8. The molecule has 0 aliphatic carbocycles. The summed E-state index contributed by atoms with van der Waals surface area (Å²) in [6.07, 6.45) is 3.06. The Labute approximate surface area is 198 Å². The number of amides is 1. The Hall–Kier alpha value is -3.99. The van der Waals surface area contributed by atoms with Gasteiger partial charge in [-0.25, -0.2) is 0 Å². The number of aromatic nitrogens is 1. The number of piperidine rings is 1. The summed E-state index contributed by atoms with van der Waals surface area (Å²) < 4.78 is 16.4. The Balaban J connectivity index is 1.26. The van der Waals surface area contributed by atoms with E-state index >= 15 is 0 Å². The fourth-order valence-electron chi connectivity index (χ4n) is 4.59. The zero-order valence-corrected chi connectivity index (χ0v) is 19.0. The molecule has 5 rings (SSSR count). The van der Waals surface area contributed by atoms with Crippen LogP contribution in [0.3, 0.4) is 0 Å². The topological polar surface area (TPSA) is 96.7 Å². The molecule has 2 aliphatic heterocycles. The number of anilines is 1. The Morgan fingerprint density at radius 1 is 1.21 bits per heavy atom. The minimum atomic E-state index is -0.0668. The third-order valence-electron chi connectivity index (χ3n) is 6.33. The Bertz CT molecular complexity index is 1260. The van der Waals surface area contributed by atoms with Gasteiger partial charge in [0, 0.05) is 37.1 Å². The predicted molar refractivity (Wildman–Crippen MR) is 127 cm³/mol. The smallest absolute Gasteiger partial charge is 0.231 e. The van der Waals surface area contributed by atoms with Crippen molar-refractivity contribution < 1.29 is 19.0 Å². The van der Waals surface area contributed by atoms with E-state index in [1.807, 2.05) is 43.3 Å². The fraction of sp³-hybridized carbons (Fsp3) is 0.346. The first-order valence-corrected chi connectivity index (χ1v) is 11.5. The molecule has 34 heavy (non-hydrogen) atoms. The summed E-state index contributed by atoms with van der Waals surface area (Å²) in [5, 5.41) is 13.7. The number of pyridine rings is 1. The van der Waals surface area contributed by atoms with E-state index in [-0.39, 0.29) is 18.6 Å². The lowest BCUT2D eigenvalue weighted by atomic mass is 9.94. The minimum absolute atomic E-state index is 0.0519. The van der Waals surface area contributed by atoms with Gasteiger partial charge >= 0.3 is 0 Å². The van der Waals surface area contributed by atoms with Gasteiger partial charge in [-0.3, -0.25) is 9.78 Å². The van der Waals surface area contributed by atoms with Gasteiger partial charge in [-0.15, -0.1) is 0 Å². The molecule has 8 heteroatoms. The van der Waals surface area contributed by atoms with Gasteiger partial charge in [0.25, 0.3) is 0 Å². The average molecular weight is 459 g/mol. The van der Waals surface area contributed by atoms with Gasteiger partial charge in [0.15, 0.2) is 11.5 Å². The monoisotopic (exact) mass is 458 g/mol. The molecule has 0 spiro atoms. The van der Waals surface area contributed by atoms with Gasteiger partial charge in [0.2, 0.25) is 12.7 Å². The molecule has 0 atom stereocenters. The molecule has 3 aromatic rings. The minimum Gasteiger partial charge on any atom is -0.494 e. The molecule has 1 aromatic heterocycles. The number of nitrogens with zero attached hydrogens (tertiary/aromatic N) is 3. The summed E-state index contributed by atoms with van der Waals surface area (Å²) in [7, 11) is 0. The second-order valence-corrected chi connectivity index (χ2v) is 8.41. The van der Waals surface area contributed by atoms with Crippen LogP contribution in [-0.4, -0.2) is 37.4 Å². The van der Waals surface area contributed by atoms with E-state index in [1.54, 1.807) is 6.20 Å². The number of carbonyl (C=O) groups is 1. The second-order valence-electron chi connectivity index (χ2n) is 8.41. The molecule has 174 valence electrons. The zero-order chi connectivity index (χ0) is 23.5. The largest absolute Gasteiger partial charge is 0.494 e. The zero-order valence-electron chi connectivity index (χ0n) is 19.0. The highest BCUT2D eigenvalue weighted by molar-refractivity contribution is 5.95. The molecule has 3 heterocycles. The van der Waals surface area contributed by atoms with Crippen LogP contribution in [-0.2, 0) is 11.3 Å². The highest BCUT2D eigenvalue weighted by atomic mass is 16.7. The number of rotatable bonds is 6. The summed E-state index contributed by atoms with van der Waals surface area (Å²) in [5.74, 6) is 2.19. The van der Waals surface area contributed by atoms with E-state index in [1.165, 1.54) is 0 Å². The number of ether oxygens (including phenoxy) is 3. The predicted octanol–water partition coefficient (Wildman–Crippen LogP) is 3.77. The Morgan fingerprint density at radius 3 is 2.82 bits per heavy atom. The van der Waals surface area contributed by atoms with Gasteiger partial charge in [-0.2, -0.15) is 5.26 Å². The van der Waals surface area contributed by atoms with Crippen molar-refractivity contribution in [1.29, 1.82) is 5.26 Å².